The summed E-state index contributed by atoms with van der Waals surface area (Å²) in [6, 6.07) is 11.5. The van der Waals surface area contributed by atoms with Crippen LogP contribution < -0.4 is 8.61 Å². The smallest absolute Gasteiger partial charge is 0.239 e. The third-order valence-electron chi connectivity index (χ3n) is 7.65. The molecule has 0 aliphatic heterocycles. The molecule has 0 radical (unpaired) electrons. The van der Waals surface area contributed by atoms with E-state index in [9.17, 15) is 30.4 Å². The average Bonchev–Trinajstić information content (AvgIpc) is 3.08. The molecule has 1 N–H and O–H groups in total. The van der Waals surface area contributed by atoms with E-state index in [2.05, 4.69) is 19.9 Å². The fraction of sp³-hybridized carbons (Fsp3) is 0.306. The van der Waals surface area contributed by atoms with Crippen LogP contribution in [0.2, 0.25) is 0 Å². The molecule has 0 saturated carbocycles. The minimum Gasteiger partial charge on any atom is -0.516 e. The fourth-order valence-electron chi connectivity index (χ4n) is 4.81. The first-order valence-electron chi connectivity index (χ1n) is 15.9. The van der Waals surface area contributed by atoms with Crippen molar-refractivity contribution in [2.24, 2.45) is 0 Å². The summed E-state index contributed by atoms with van der Waals surface area (Å²) in [7, 11) is -4.35. The molecule has 278 valence electrons. The van der Waals surface area contributed by atoms with Crippen LogP contribution in [0.4, 0.5) is 20.7 Å². The van der Waals surface area contributed by atoms with E-state index in [1.54, 1.807) is 36.4 Å². The van der Waals surface area contributed by atoms with Gasteiger partial charge in [-0.05, 0) is 85.0 Å². The summed E-state index contributed by atoms with van der Waals surface area (Å²) in [5.74, 6) is -0.783. The van der Waals surface area contributed by atoms with Crippen molar-refractivity contribution in [3.63, 3.8) is 0 Å². The number of aliphatic hydroxyl groups is 1. The van der Waals surface area contributed by atoms with Crippen molar-refractivity contribution < 1.29 is 35.5 Å². The quantitative estimate of drug-likeness (QED) is 0.0968. The van der Waals surface area contributed by atoms with Gasteiger partial charge in [-0.25, -0.2) is 54.2 Å². The highest BCUT2D eigenvalue weighted by Crippen LogP contribution is 2.33. The van der Waals surface area contributed by atoms with Crippen molar-refractivity contribution in [1.29, 1.82) is 0 Å². The third kappa shape index (κ3) is 10.5. The van der Waals surface area contributed by atoms with Gasteiger partial charge in [0.2, 0.25) is 31.9 Å². The molecule has 0 aliphatic carbocycles. The second-order valence-corrected chi connectivity index (χ2v) is 16.3. The van der Waals surface area contributed by atoms with Gasteiger partial charge in [0.05, 0.1) is 41.5 Å². The zero-order valence-electron chi connectivity index (χ0n) is 30.1. The Bertz CT molecular complexity index is 2160. The third-order valence-corrected chi connectivity index (χ3v) is 9.96. The van der Waals surface area contributed by atoms with Gasteiger partial charge in [0.25, 0.3) is 0 Å². The molecule has 0 spiro atoms. The lowest BCUT2D eigenvalue weighted by Crippen LogP contribution is -2.27. The monoisotopic (exact) mass is 756 g/mol. The van der Waals surface area contributed by atoms with Crippen LogP contribution in [0.1, 0.15) is 62.0 Å². The molecule has 16 heteroatoms. The van der Waals surface area contributed by atoms with E-state index in [4.69, 9.17) is 5.11 Å². The normalized spacial score (nSPS) is 12.0. The van der Waals surface area contributed by atoms with Gasteiger partial charge >= 0.3 is 0 Å². The largest absolute Gasteiger partial charge is 0.516 e. The van der Waals surface area contributed by atoms with Gasteiger partial charge in [-0.15, -0.1) is 0 Å². The number of carbonyl (C=O) groups is 1. The molecular formula is C36H42F2N6O6S2. The second-order valence-electron chi connectivity index (χ2n) is 12.3. The first kappa shape index (κ1) is 41.3. The lowest BCUT2D eigenvalue weighted by molar-refractivity contribution is -0.104. The first-order chi connectivity index (χ1) is 24.3. The van der Waals surface area contributed by atoms with Crippen LogP contribution in [0.5, 0.6) is 0 Å². The van der Waals surface area contributed by atoms with E-state index in [1.807, 2.05) is 27.7 Å². The van der Waals surface area contributed by atoms with Gasteiger partial charge in [0.1, 0.15) is 17.9 Å². The van der Waals surface area contributed by atoms with Crippen LogP contribution >= 0.6 is 0 Å². The van der Waals surface area contributed by atoms with Crippen LogP contribution in [0.15, 0.2) is 66.9 Å². The maximum Gasteiger partial charge on any atom is 0.239 e. The number of allylic oxidation sites excluding steroid dienone is 2. The summed E-state index contributed by atoms with van der Waals surface area (Å²) < 4.78 is 76.2. The molecule has 0 unspecified atom stereocenters. The molecule has 2 aromatic carbocycles. The van der Waals surface area contributed by atoms with Gasteiger partial charge in [-0.3, -0.25) is 4.79 Å². The number of hydrogen-bond donors (Lipinski definition) is 1. The summed E-state index contributed by atoms with van der Waals surface area (Å²) in [5.41, 5.74) is 4.75. The van der Waals surface area contributed by atoms with Crippen LogP contribution in [0.25, 0.3) is 28.6 Å². The summed E-state index contributed by atoms with van der Waals surface area (Å²) >= 11 is 0. The van der Waals surface area contributed by atoms with Crippen molar-refractivity contribution >= 4 is 44.3 Å². The van der Waals surface area contributed by atoms with Crippen molar-refractivity contribution in [1.82, 2.24) is 19.9 Å². The summed E-state index contributed by atoms with van der Waals surface area (Å²) in [6.07, 6.45) is 8.51. The SMILES string of the molecule is CC(C)c1nc(N(C)S(C)(=O)=O)nc(-c2ccc(F)cc2)c1/C=C/C=O.CC(C)c1nc(N(C)S(C)(=O)=O)nc(-c2ccc(F)cc2)c1C/C=C/O. The number of aromatic nitrogens is 4. The first-order valence-corrected chi connectivity index (χ1v) is 19.6. The number of nitrogens with zero attached hydrogens (tertiary/aromatic N) is 6. The summed E-state index contributed by atoms with van der Waals surface area (Å²) in [4.78, 5) is 28.4. The van der Waals surface area contributed by atoms with Gasteiger partial charge in [-0.1, -0.05) is 27.7 Å². The number of rotatable bonds is 12. The van der Waals surface area contributed by atoms with Crippen LogP contribution in [0.3, 0.4) is 0 Å². The van der Waals surface area contributed by atoms with Gasteiger partial charge in [0.15, 0.2) is 0 Å². The highest BCUT2D eigenvalue weighted by atomic mass is 32.2. The maximum absolute atomic E-state index is 13.3. The Labute approximate surface area is 303 Å². The number of sulfonamides is 2. The van der Waals surface area contributed by atoms with E-state index < -0.39 is 25.9 Å². The van der Waals surface area contributed by atoms with E-state index in [1.165, 1.54) is 44.4 Å². The number of aliphatic hydroxyl groups excluding tert-OH is 1. The van der Waals surface area contributed by atoms with E-state index in [0.717, 1.165) is 32.9 Å². The standard InChI is InChI=1S/C18H22FN3O3S.C18H20FN3O3S/c2*1-12(2)16-15(6-5-11-23)17(13-7-9-14(19)10-8-13)21-18(20-16)22(3)26(4,24)25/h5,7-12,23H,6H2,1-4H3;5-12H,1-4H3/b11-5+;6-5+. The molecular weight excluding hydrogens is 715 g/mol. The molecule has 12 nitrogen and oxygen atoms in total. The van der Waals surface area contributed by atoms with E-state index >= 15 is 0 Å². The maximum atomic E-state index is 13.3. The van der Waals surface area contributed by atoms with Gasteiger partial charge in [0, 0.05) is 36.3 Å². The van der Waals surface area contributed by atoms with Gasteiger partial charge in [-0.2, -0.15) is 0 Å². The van der Waals surface area contributed by atoms with Crippen molar-refractivity contribution in [2.45, 2.75) is 46.0 Å². The highest BCUT2D eigenvalue weighted by Gasteiger charge is 2.24. The van der Waals surface area contributed by atoms with E-state index in [0.29, 0.717) is 52.2 Å². The Hall–Kier alpha value is -5.09. The van der Waals surface area contributed by atoms with Crippen molar-refractivity contribution in [3.05, 3.63) is 101 Å². The number of benzene rings is 2. The van der Waals surface area contributed by atoms with Crippen molar-refractivity contribution in [2.75, 3.05) is 35.2 Å². The fourth-order valence-corrected chi connectivity index (χ4v) is 5.56. The molecule has 4 rings (SSSR count). The highest BCUT2D eigenvalue weighted by molar-refractivity contribution is 7.92. The van der Waals surface area contributed by atoms with Crippen LogP contribution in [-0.4, -0.2) is 74.8 Å². The average molecular weight is 757 g/mol. The van der Waals surface area contributed by atoms with Gasteiger partial charge < -0.3 is 5.11 Å². The molecule has 0 bridgehead atoms. The Kier molecular flexibility index (Phi) is 13.8. The molecule has 0 aliphatic rings. The lowest BCUT2D eigenvalue weighted by Gasteiger charge is -2.21. The molecule has 0 amide bonds. The Morgan fingerprint density at radius 1 is 0.712 bits per heavy atom. The number of aldehydes is 1. The molecule has 52 heavy (non-hydrogen) atoms. The predicted octanol–water partition coefficient (Wildman–Crippen LogP) is 6.43. The molecule has 0 saturated heterocycles. The molecule has 2 aromatic heterocycles. The minimum atomic E-state index is -3.56. The number of halogens is 2. The number of hydrogen-bond acceptors (Lipinski definition) is 10. The van der Waals surface area contributed by atoms with Crippen molar-refractivity contribution in [3.8, 4) is 22.5 Å². The molecule has 2 heterocycles. The second kappa shape index (κ2) is 17.4. The topological polar surface area (TPSA) is 164 Å². The Balaban J connectivity index is 0.000000280. The molecule has 0 atom stereocenters. The Morgan fingerprint density at radius 2 is 1.13 bits per heavy atom. The number of anilines is 2. The predicted molar refractivity (Wildman–Crippen MR) is 200 cm³/mol. The zero-order valence-corrected chi connectivity index (χ0v) is 31.7. The van der Waals surface area contributed by atoms with E-state index in [-0.39, 0.29) is 29.5 Å². The van der Waals surface area contributed by atoms with Crippen LogP contribution in [0, 0.1) is 11.6 Å². The molecule has 4 aromatic rings. The summed E-state index contributed by atoms with van der Waals surface area (Å²) in [5, 5.41) is 9.05. The number of carbonyl (C=O) groups excluding carboxylic acids is 1. The lowest BCUT2D eigenvalue weighted by atomic mass is 9.96. The zero-order chi connectivity index (χ0) is 39.0. The Morgan fingerprint density at radius 3 is 1.54 bits per heavy atom. The summed E-state index contributed by atoms with van der Waals surface area (Å²) in [6.45, 7) is 7.68. The molecule has 0 fully saturated rings. The van der Waals surface area contributed by atoms with Crippen LogP contribution in [-0.2, 0) is 31.3 Å². The minimum absolute atomic E-state index is 0.00833.